The lowest BCUT2D eigenvalue weighted by Crippen LogP contribution is -2.48. The van der Waals surface area contributed by atoms with Gasteiger partial charge in [0, 0.05) is 5.92 Å². The van der Waals surface area contributed by atoms with Crippen LogP contribution in [-0.4, -0.2) is 34.9 Å². The first-order chi connectivity index (χ1) is 18.1. The summed E-state index contributed by atoms with van der Waals surface area (Å²) < 4.78 is 5.47. The number of hydrogen-bond donors (Lipinski definition) is 3. The normalized spacial score (nSPS) is 14.6. The molecule has 202 valence electrons. The zero-order valence-electron chi connectivity index (χ0n) is 22.8. The molecular weight excluding hydrogens is 476 g/mol. The number of aliphatic hydroxyl groups excluding tert-OH is 1. The van der Waals surface area contributed by atoms with Crippen LogP contribution in [0.1, 0.15) is 56.8 Å². The highest BCUT2D eigenvalue weighted by atomic mass is 16.6. The summed E-state index contributed by atoms with van der Waals surface area (Å²) in [4.78, 5) is 26.2. The Hall–Kier alpha value is -3.64. The van der Waals surface area contributed by atoms with Crippen molar-refractivity contribution in [3.8, 4) is 0 Å². The molecule has 0 spiro atoms. The minimum Gasteiger partial charge on any atom is -0.444 e. The van der Waals surface area contributed by atoms with E-state index in [4.69, 9.17) is 4.74 Å². The largest absolute Gasteiger partial charge is 0.444 e. The van der Waals surface area contributed by atoms with Crippen molar-refractivity contribution in [2.45, 2.75) is 70.7 Å². The minimum absolute atomic E-state index is 0.139. The average molecular weight is 517 g/mol. The summed E-state index contributed by atoms with van der Waals surface area (Å²) in [5.41, 5.74) is 2.31. The molecular formula is C32H40N2O4. The number of ether oxygens (including phenoxy) is 1. The SMILES string of the molecule is C[C@@H](NC(=O)[C@H](Cc1ccccc1)C[C@H](O)[C@H](Cc1ccccc1)NC(=O)OC(C)(C)C)c1ccccc1. The first-order valence-corrected chi connectivity index (χ1v) is 13.2. The molecule has 0 aliphatic rings. The fraction of sp³-hybridized carbons (Fsp3) is 0.375. The van der Waals surface area contributed by atoms with Crippen LogP contribution in [-0.2, 0) is 22.4 Å². The molecule has 0 saturated carbocycles. The molecule has 0 saturated heterocycles. The summed E-state index contributed by atoms with van der Waals surface area (Å²) in [6.07, 6.45) is -0.527. The molecule has 0 heterocycles. The zero-order chi connectivity index (χ0) is 27.5. The van der Waals surface area contributed by atoms with Gasteiger partial charge >= 0.3 is 6.09 Å². The van der Waals surface area contributed by atoms with Crippen LogP contribution < -0.4 is 10.6 Å². The van der Waals surface area contributed by atoms with Crippen molar-refractivity contribution in [1.82, 2.24) is 10.6 Å². The van der Waals surface area contributed by atoms with Crippen molar-refractivity contribution in [2.24, 2.45) is 5.92 Å². The Morgan fingerprint density at radius 2 is 1.29 bits per heavy atom. The van der Waals surface area contributed by atoms with Crippen molar-refractivity contribution in [2.75, 3.05) is 0 Å². The van der Waals surface area contributed by atoms with Crippen molar-refractivity contribution >= 4 is 12.0 Å². The molecule has 3 N–H and O–H groups in total. The molecule has 3 rings (SSSR count). The summed E-state index contributed by atoms with van der Waals surface area (Å²) in [5, 5.41) is 17.4. The third-order valence-corrected chi connectivity index (χ3v) is 6.35. The topological polar surface area (TPSA) is 87.7 Å². The summed E-state index contributed by atoms with van der Waals surface area (Å²) in [6.45, 7) is 7.33. The lowest BCUT2D eigenvalue weighted by atomic mass is 9.88. The molecule has 0 unspecified atom stereocenters. The van der Waals surface area contributed by atoms with Crippen LogP contribution in [0.15, 0.2) is 91.0 Å². The van der Waals surface area contributed by atoms with Gasteiger partial charge in [-0.1, -0.05) is 91.0 Å². The quantitative estimate of drug-likeness (QED) is 0.309. The number of benzene rings is 3. The standard InChI is InChI=1S/C32H40N2O4/c1-23(26-18-12-7-13-19-26)33-30(36)27(20-24-14-8-5-9-15-24)22-29(35)28(21-25-16-10-6-11-17-25)34-31(37)38-32(2,3)4/h5-19,23,27-29,35H,20-22H2,1-4H3,(H,33,36)(H,34,37)/t23-,27-,28+,29+/m1/s1. The second-order valence-corrected chi connectivity index (χ2v) is 10.8. The van der Waals surface area contributed by atoms with Gasteiger partial charge in [-0.05, 0) is 63.6 Å². The maximum absolute atomic E-state index is 13.5. The monoisotopic (exact) mass is 516 g/mol. The molecule has 38 heavy (non-hydrogen) atoms. The van der Waals surface area contributed by atoms with Gasteiger partial charge in [-0.15, -0.1) is 0 Å². The van der Waals surface area contributed by atoms with Crippen LogP contribution in [0.2, 0.25) is 0 Å². The van der Waals surface area contributed by atoms with Gasteiger partial charge in [0.2, 0.25) is 5.91 Å². The predicted molar refractivity (Wildman–Crippen MR) is 151 cm³/mol. The Morgan fingerprint density at radius 3 is 1.82 bits per heavy atom. The van der Waals surface area contributed by atoms with E-state index >= 15 is 0 Å². The van der Waals surface area contributed by atoms with Gasteiger partial charge in [-0.3, -0.25) is 4.79 Å². The molecule has 0 radical (unpaired) electrons. The molecule has 6 heteroatoms. The van der Waals surface area contributed by atoms with E-state index in [0.717, 1.165) is 16.7 Å². The van der Waals surface area contributed by atoms with Crippen LogP contribution in [0, 0.1) is 5.92 Å². The Labute approximate surface area is 226 Å². The lowest BCUT2D eigenvalue weighted by Gasteiger charge is -2.29. The molecule has 0 fully saturated rings. The molecule has 0 aliphatic heterocycles. The Balaban J connectivity index is 1.79. The minimum atomic E-state index is -0.978. The Bertz CT molecular complexity index is 1130. The number of nitrogens with one attached hydrogen (secondary N) is 2. The van der Waals surface area contributed by atoms with Gasteiger partial charge in [0.1, 0.15) is 5.60 Å². The predicted octanol–water partition coefficient (Wildman–Crippen LogP) is 5.61. The van der Waals surface area contributed by atoms with E-state index in [1.54, 1.807) is 20.8 Å². The number of rotatable bonds is 11. The fourth-order valence-electron chi connectivity index (χ4n) is 4.40. The number of aliphatic hydroxyl groups is 1. The van der Waals surface area contributed by atoms with Crippen LogP contribution >= 0.6 is 0 Å². The molecule has 0 bridgehead atoms. The molecule has 3 aromatic rings. The van der Waals surface area contributed by atoms with E-state index in [0.29, 0.717) is 12.8 Å². The van der Waals surface area contributed by atoms with Gasteiger partial charge in [0.15, 0.2) is 0 Å². The second-order valence-electron chi connectivity index (χ2n) is 10.8. The number of amides is 2. The van der Waals surface area contributed by atoms with Crippen LogP contribution in [0.3, 0.4) is 0 Å². The van der Waals surface area contributed by atoms with Crippen molar-refractivity contribution < 1.29 is 19.4 Å². The van der Waals surface area contributed by atoms with Crippen molar-refractivity contribution in [3.63, 3.8) is 0 Å². The smallest absolute Gasteiger partial charge is 0.407 e. The number of hydrogen-bond acceptors (Lipinski definition) is 4. The van der Waals surface area contributed by atoms with E-state index in [9.17, 15) is 14.7 Å². The Kier molecular flexibility index (Phi) is 10.5. The molecule has 4 atom stereocenters. The van der Waals surface area contributed by atoms with Crippen LogP contribution in [0.5, 0.6) is 0 Å². The highest BCUT2D eigenvalue weighted by Crippen LogP contribution is 2.21. The van der Waals surface area contributed by atoms with Gasteiger partial charge in [0.05, 0.1) is 18.2 Å². The van der Waals surface area contributed by atoms with Gasteiger partial charge in [0.25, 0.3) is 0 Å². The molecule has 3 aromatic carbocycles. The maximum Gasteiger partial charge on any atom is 0.407 e. The van der Waals surface area contributed by atoms with Gasteiger partial charge in [-0.2, -0.15) is 0 Å². The van der Waals surface area contributed by atoms with Gasteiger partial charge < -0.3 is 20.5 Å². The van der Waals surface area contributed by atoms with E-state index in [1.807, 2.05) is 97.9 Å². The molecule has 0 aromatic heterocycles. The van der Waals surface area contributed by atoms with Crippen LogP contribution in [0.25, 0.3) is 0 Å². The number of alkyl carbamates (subject to hydrolysis) is 1. The number of carbonyl (C=O) groups excluding carboxylic acids is 2. The molecule has 2 amide bonds. The number of carbonyl (C=O) groups is 2. The van der Waals surface area contributed by atoms with E-state index in [1.165, 1.54) is 0 Å². The third kappa shape index (κ3) is 9.67. The maximum atomic E-state index is 13.5. The van der Waals surface area contributed by atoms with E-state index < -0.39 is 29.8 Å². The summed E-state index contributed by atoms with van der Waals surface area (Å²) >= 11 is 0. The van der Waals surface area contributed by atoms with Crippen molar-refractivity contribution in [3.05, 3.63) is 108 Å². The second kappa shape index (κ2) is 13.8. The fourth-order valence-corrected chi connectivity index (χ4v) is 4.40. The highest BCUT2D eigenvalue weighted by molar-refractivity contribution is 5.79. The van der Waals surface area contributed by atoms with Crippen molar-refractivity contribution in [1.29, 1.82) is 0 Å². The first-order valence-electron chi connectivity index (χ1n) is 13.2. The summed E-state index contributed by atoms with van der Waals surface area (Å²) in [6, 6.07) is 28.4. The Morgan fingerprint density at radius 1 is 0.789 bits per heavy atom. The van der Waals surface area contributed by atoms with Gasteiger partial charge in [-0.25, -0.2) is 4.79 Å². The third-order valence-electron chi connectivity index (χ3n) is 6.35. The molecule has 6 nitrogen and oxygen atoms in total. The van der Waals surface area contributed by atoms with E-state index in [2.05, 4.69) is 10.6 Å². The summed E-state index contributed by atoms with van der Waals surface area (Å²) in [7, 11) is 0. The first kappa shape index (κ1) is 28.9. The lowest BCUT2D eigenvalue weighted by molar-refractivity contribution is -0.126. The zero-order valence-corrected chi connectivity index (χ0v) is 22.8. The van der Waals surface area contributed by atoms with Crippen LogP contribution in [0.4, 0.5) is 4.79 Å². The molecule has 0 aliphatic carbocycles. The highest BCUT2D eigenvalue weighted by Gasteiger charge is 2.30. The average Bonchev–Trinajstić information content (AvgIpc) is 2.88. The summed E-state index contributed by atoms with van der Waals surface area (Å²) in [5.74, 6) is -0.641. The van der Waals surface area contributed by atoms with E-state index in [-0.39, 0.29) is 18.4 Å².